The number of rotatable bonds is 7. The third kappa shape index (κ3) is 4.53. The fourth-order valence-corrected chi connectivity index (χ4v) is 4.25. The number of ether oxygens (including phenoxy) is 1. The molecular formula is C17H20N2O5S2. The molecule has 0 fully saturated rings. The number of hydrogen-bond acceptors (Lipinski definition) is 6. The molecule has 2 aromatic rings. The number of hydrogen-bond donors (Lipinski definition) is 1. The highest BCUT2D eigenvalue weighted by Gasteiger charge is 2.34. The maximum atomic E-state index is 12.4. The van der Waals surface area contributed by atoms with Gasteiger partial charge in [0.05, 0.1) is 30.5 Å². The summed E-state index contributed by atoms with van der Waals surface area (Å²) in [6.45, 7) is 0.422. The van der Waals surface area contributed by atoms with Crippen LogP contribution in [-0.2, 0) is 20.6 Å². The lowest BCUT2D eigenvalue weighted by Crippen LogP contribution is -2.50. The van der Waals surface area contributed by atoms with Crippen LogP contribution in [0.1, 0.15) is 5.76 Å². The lowest BCUT2D eigenvalue weighted by Gasteiger charge is -2.33. The minimum atomic E-state index is -3.50. The summed E-state index contributed by atoms with van der Waals surface area (Å²) in [5.74, 6) is 2.39. The van der Waals surface area contributed by atoms with Crippen molar-refractivity contribution in [3.8, 4) is 5.75 Å². The first-order valence-corrected chi connectivity index (χ1v) is 11.1. The van der Waals surface area contributed by atoms with Crippen molar-refractivity contribution in [3.05, 3.63) is 48.4 Å². The summed E-state index contributed by atoms with van der Waals surface area (Å²) < 4.78 is 36.3. The fourth-order valence-electron chi connectivity index (χ4n) is 2.58. The molecule has 0 saturated carbocycles. The second-order valence-electron chi connectivity index (χ2n) is 5.79. The zero-order valence-electron chi connectivity index (χ0n) is 14.3. The van der Waals surface area contributed by atoms with E-state index in [1.54, 1.807) is 42.3 Å². The largest absolute Gasteiger partial charge is 0.476 e. The summed E-state index contributed by atoms with van der Waals surface area (Å²) in [5, 5.41) is 2.80. The molecule has 0 radical (unpaired) electrons. The van der Waals surface area contributed by atoms with E-state index in [1.807, 2.05) is 12.1 Å². The predicted molar refractivity (Wildman–Crippen MR) is 101 cm³/mol. The van der Waals surface area contributed by atoms with Crippen molar-refractivity contribution in [3.63, 3.8) is 0 Å². The first kappa shape index (κ1) is 18.7. The van der Waals surface area contributed by atoms with Crippen LogP contribution in [-0.4, -0.2) is 45.5 Å². The Morgan fingerprint density at radius 3 is 2.85 bits per heavy atom. The first-order chi connectivity index (χ1) is 12.4. The number of anilines is 1. The van der Waals surface area contributed by atoms with Crippen molar-refractivity contribution in [2.75, 3.05) is 29.4 Å². The van der Waals surface area contributed by atoms with Gasteiger partial charge in [0.2, 0.25) is 10.0 Å². The Labute approximate surface area is 156 Å². The molecular weight excluding hydrogens is 376 g/mol. The number of nitrogens with zero attached hydrogens (tertiary/aromatic N) is 1. The van der Waals surface area contributed by atoms with Gasteiger partial charge in [-0.3, -0.25) is 9.10 Å². The zero-order valence-corrected chi connectivity index (χ0v) is 15.9. The Kier molecular flexibility index (Phi) is 5.77. The Hall–Kier alpha value is -2.13. The van der Waals surface area contributed by atoms with Gasteiger partial charge >= 0.3 is 0 Å². The maximum Gasteiger partial charge on any atom is 0.263 e. The van der Waals surface area contributed by atoms with Gasteiger partial charge in [0.15, 0.2) is 6.10 Å². The van der Waals surface area contributed by atoms with Crippen LogP contribution in [0, 0.1) is 0 Å². The molecule has 1 aliphatic heterocycles. The Morgan fingerprint density at radius 2 is 2.12 bits per heavy atom. The fraction of sp³-hybridized carbons (Fsp3) is 0.353. The van der Waals surface area contributed by atoms with Gasteiger partial charge in [-0.2, -0.15) is 11.8 Å². The van der Waals surface area contributed by atoms with Crippen molar-refractivity contribution in [2.24, 2.45) is 0 Å². The van der Waals surface area contributed by atoms with E-state index in [-0.39, 0.29) is 12.5 Å². The standard InChI is InChI=1S/C17H20N2O5S2/c1-26(21,22)19-11-16(24-15-7-3-2-6-14(15)19)17(20)18-8-10-25-12-13-5-4-9-23-13/h2-7,9,16H,8,10-12H2,1H3,(H,18,20)/t16-/m1/s1. The minimum absolute atomic E-state index is 0.0405. The molecule has 9 heteroatoms. The van der Waals surface area contributed by atoms with E-state index >= 15 is 0 Å². The van der Waals surface area contributed by atoms with Gasteiger partial charge in [-0.05, 0) is 24.3 Å². The van der Waals surface area contributed by atoms with Gasteiger partial charge < -0.3 is 14.5 Å². The highest BCUT2D eigenvalue weighted by atomic mass is 32.2. The van der Waals surface area contributed by atoms with Crippen molar-refractivity contribution >= 4 is 33.4 Å². The first-order valence-electron chi connectivity index (χ1n) is 8.06. The summed E-state index contributed by atoms with van der Waals surface area (Å²) in [7, 11) is -3.50. The lowest BCUT2D eigenvalue weighted by molar-refractivity contribution is -0.127. The third-order valence-electron chi connectivity index (χ3n) is 3.80. The second-order valence-corrected chi connectivity index (χ2v) is 8.80. The van der Waals surface area contributed by atoms with Crippen LogP contribution in [0.25, 0.3) is 0 Å². The molecule has 0 saturated heterocycles. The van der Waals surface area contributed by atoms with Crippen LogP contribution in [0.5, 0.6) is 5.75 Å². The molecule has 0 spiro atoms. The number of nitrogens with one attached hydrogen (secondary N) is 1. The van der Waals surface area contributed by atoms with Crippen LogP contribution in [0.2, 0.25) is 0 Å². The van der Waals surface area contributed by atoms with E-state index in [4.69, 9.17) is 9.15 Å². The minimum Gasteiger partial charge on any atom is -0.476 e. The van der Waals surface area contributed by atoms with Gasteiger partial charge in [-0.25, -0.2) is 8.42 Å². The van der Waals surface area contributed by atoms with Crippen LogP contribution < -0.4 is 14.4 Å². The number of para-hydroxylation sites is 2. The van der Waals surface area contributed by atoms with Crippen LogP contribution in [0.3, 0.4) is 0 Å². The molecule has 1 aliphatic rings. The number of thioether (sulfide) groups is 1. The number of fused-ring (bicyclic) bond motifs is 1. The second kappa shape index (κ2) is 8.05. The van der Waals surface area contributed by atoms with Crippen LogP contribution >= 0.6 is 11.8 Å². The van der Waals surface area contributed by atoms with E-state index in [0.717, 1.165) is 17.8 Å². The van der Waals surface area contributed by atoms with Crippen molar-refractivity contribution in [1.82, 2.24) is 5.32 Å². The Bertz CT molecular complexity index is 852. The number of amides is 1. The van der Waals surface area contributed by atoms with Crippen molar-refractivity contribution in [2.45, 2.75) is 11.9 Å². The van der Waals surface area contributed by atoms with E-state index < -0.39 is 16.1 Å². The molecule has 3 rings (SSSR count). The molecule has 0 aliphatic carbocycles. The van der Waals surface area contributed by atoms with Crippen molar-refractivity contribution in [1.29, 1.82) is 0 Å². The molecule has 26 heavy (non-hydrogen) atoms. The van der Waals surface area contributed by atoms with Gasteiger partial charge in [-0.15, -0.1) is 0 Å². The van der Waals surface area contributed by atoms with Gasteiger partial charge in [0.25, 0.3) is 5.91 Å². The topological polar surface area (TPSA) is 88.9 Å². The van der Waals surface area contributed by atoms with Crippen molar-refractivity contribution < 1.29 is 22.4 Å². The number of sulfonamides is 1. The van der Waals surface area contributed by atoms with Crippen LogP contribution in [0.15, 0.2) is 47.1 Å². The average Bonchev–Trinajstić information content (AvgIpc) is 3.13. The molecule has 0 unspecified atom stereocenters. The number of furan rings is 1. The van der Waals surface area contributed by atoms with Gasteiger partial charge in [0, 0.05) is 12.3 Å². The quantitative estimate of drug-likeness (QED) is 0.719. The Morgan fingerprint density at radius 1 is 1.31 bits per heavy atom. The monoisotopic (exact) mass is 396 g/mol. The van der Waals surface area contributed by atoms with E-state index in [9.17, 15) is 13.2 Å². The van der Waals surface area contributed by atoms with Gasteiger partial charge in [0.1, 0.15) is 11.5 Å². The van der Waals surface area contributed by atoms with E-state index in [0.29, 0.717) is 23.7 Å². The highest BCUT2D eigenvalue weighted by molar-refractivity contribution is 7.98. The summed E-state index contributed by atoms with van der Waals surface area (Å²) in [4.78, 5) is 12.4. The zero-order chi connectivity index (χ0) is 18.6. The van der Waals surface area contributed by atoms with Gasteiger partial charge in [-0.1, -0.05) is 12.1 Å². The normalized spacial score (nSPS) is 16.7. The molecule has 1 aromatic carbocycles. The molecule has 140 valence electrons. The predicted octanol–water partition coefficient (Wildman–Crippen LogP) is 1.86. The van der Waals surface area contributed by atoms with Crippen LogP contribution in [0.4, 0.5) is 5.69 Å². The highest BCUT2D eigenvalue weighted by Crippen LogP contribution is 2.34. The Balaban J connectivity index is 1.54. The summed E-state index contributed by atoms with van der Waals surface area (Å²) in [6, 6.07) is 10.5. The summed E-state index contributed by atoms with van der Waals surface area (Å²) >= 11 is 1.64. The summed E-state index contributed by atoms with van der Waals surface area (Å²) in [5.41, 5.74) is 0.452. The molecule has 1 atom stereocenters. The molecule has 1 amide bonds. The molecule has 1 aromatic heterocycles. The summed E-state index contributed by atoms with van der Waals surface area (Å²) in [6.07, 6.45) is 1.87. The number of carbonyl (C=O) groups is 1. The smallest absolute Gasteiger partial charge is 0.263 e. The lowest BCUT2D eigenvalue weighted by atomic mass is 10.2. The molecule has 7 nitrogen and oxygen atoms in total. The third-order valence-corrected chi connectivity index (χ3v) is 5.93. The molecule has 2 heterocycles. The number of carbonyl (C=O) groups excluding carboxylic acids is 1. The van der Waals surface area contributed by atoms with E-state index in [2.05, 4.69) is 5.32 Å². The average molecular weight is 396 g/mol. The molecule has 1 N–H and O–H groups in total. The number of benzene rings is 1. The SMILES string of the molecule is CS(=O)(=O)N1C[C@H](C(=O)NCCSCc2ccco2)Oc2ccccc21. The maximum absolute atomic E-state index is 12.4. The van der Waals surface area contributed by atoms with E-state index in [1.165, 1.54) is 4.31 Å². The molecule has 0 bridgehead atoms.